The van der Waals surface area contributed by atoms with Gasteiger partial charge in [0.25, 0.3) is 0 Å². The third-order valence-corrected chi connectivity index (χ3v) is 7.03. The molecule has 0 spiro atoms. The number of carbonyl (C=O) groups excluding carboxylic acids is 3. The summed E-state index contributed by atoms with van der Waals surface area (Å²) in [7, 11) is 0. The van der Waals surface area contributed by atoms with E-state index in [1.54, 1.807) is 13.8 Å². The molecule has 2 aromatic rings. The van der Waals surface area contributed by atoms with Gasteiger partial charge in [-0.25, -0.2) is 9.59 Å². The second-order valence-electron chi connectivity index (χ2n) is 9.82. The maximum absolute atomic E-state index is 11.7. The van der Waals surface area contributed by atoms with Crippen LogP contribution < -0.4 is 11.5 Å². The van der Waals surface area contributed by atoms with Gasteiger partial charge in [-0.1, -0.05) is 0 Å². The Hall–Kier alpha value is -3.61. The normalized spacial score (nSPS) is 29.5. The fourth-order valence-electron chi connectivity index (χ4n) is 5.03. The number of rotatable bonds is 6. The third kappa shape index (κ3) is 5.64. The van der Waals surface area contributed by atoms with Crippen LogP contribution in [0.5, 0.6) is 0 Å². The van der Waals surface area contributed by atoms with Crippen molar-refractivity contribution in [2.75, 3.05) is 37.9 Å². The molecule has 4 aliphatic rings. The average molecular weight is 581 g/mol. The number of ketones is 1. The van der Waals surface area contributed by atoms with E-state index in [1.165, 1.54) is 21.8 Å². The van der Waals surface area contributed by atoms with Crippen LogP contribution in [0, 0.1) is 0 Å². The van der Waals surface area contributed by atoms with E-state index in [0.29, 0.717) is 6.61 Å². The predicted molar refractivity (Wildman–Crippen MR) is 134 cm³/mol. The minimum absolute atomic E-state index is 0.0240. The quantitative estimate of drug-likeness (QED) is 0.235. The van der Waals surface area contributed by atoms with Gasteiger partial charge in [-0.2, -0.15) is 10.2 Å². The molecule has 4 fully saturated rings. The largest absolute Gasteiger partial charge is 0.462 e. The molecule has 6 unspecified atom stereocenters. The fourth-order valence-corrected chi connectivity index (χ4v) is 5.03. The summed E-state index contributed by atoms with van der Waals surface area (Å²) in [6.07, 6.45) is 0.682. The van der Waals surface area contributed by atoms with Crippen molar-refractivity contribution in [1.82, 2.24) is 19.6 Å². The zero-order valence-corrected chi connectivity index (χ0v) is 22.4. The molecule has 4 aliphatic heterocycles. The van der Waals surface area contributed by atoms with Crippen molar-refractivity contribution in [3.05, 3.63) is 23.5 Å². The topological polar surface area (TPSA) is 235 Å². The van der Waals surface area contributed by atoms with Crippen molar-refractivity contribution in [2.24, 2.45) is 0 Å². The minimum Gasteiger partial charge on any atom is -0.462 e. The fraction of sp³-hybridized carbons (Fsp3) is 0.625. The molecule has 0 saturated carbocycles. The van der Waals surface area contributed by atoms with Crippen molar-refractivity contribution in [3.63, 3.8) is 0 Å². The number of esters is 2. The van der Waals surface area contributed by atoms with Crippen molar-refractivity contribution in [3.8, 4) is 0 Å². The number of fused-ring (bicyclic) bond motifs is 4. The Kier molecular flexibility index (Phi) is 8.00. The van der Waals surface area contributed by atoms with Gasteiger partial charge in [0.05, 0.1) is 38.5 Å². The number of ether oxygens (including phenoxy) is 6. The summed E-state index contributed by atoms with van der Waals surface area (Å²) in [6.45, 7) is 4.43. The molecule has 6 rings (SSSR count). The van der Waals surface area contributed by atoms with E-state index in [2.05, 4.69) is 10.2 Å². The second kappa shape index (κ2) is 11.3. The first-order chi connectivity index (χ1) is 19.5. The van der Waals surface area contributed by atoms with E-state index in [9.17, 15) is 24.6 Å². The molecule has 6 N–H and O–H groups in total. The van der Waals surface area contributed by atoms with E-state index in [4.69, 9.17) is 39.9 Å². The molecule has 224 valence electrons. The van der Waals surface area contributed by atoms with Crippen LogP contribution >= 0.6 is 0 Å². The number of hydrogen-bond donors (Lipinski definition) is 4. The molecule has 6 heterocycles. The van der Waals surface area contributed by atoms with Crippen LogP contribution in [0.4, 0.5) is 11.6 Å². The summed E-state index contributed by atoms with van der Waals surface area (Å²) in [5.41, 5.74) is 11.8. The van der Waals surface area contributed by atoms with E-state index >= 15 is 0 Å². The molecule has 17 heteroatoms. The zero-order chi connectivity index (χ0) is 29.5. The van der Waals surface area contributed by atoms with Crippen molar-refractivity contribution < 1.29 is 53.0 Å². The number of aromatic nitrogens is 4. The van der Waals surface area contributed by atoms with Crippen LogP contribution in [0.25, 0.3) is 0 Å². The molecule has 0 amide bonds. The highest BCUT2D eigenvalue weighted by Crippen LogP contribution is 2.40. The van der Waals surface area contributed by atoms with Crippen LogP contribution in [-0.2, 0) is 33.2 Å². The van der Waals surface area contributed by atoms with Gasteiger partial charge < -0.3 is 50.1 Å². The first kappa shape index (κ1) is 28.9. The van der Waals surface area contributed by atoms with Crippen LogP contribution in [0.3, 0.4) is 0 Å². The lowest BCUT2D eigenvalue weighted by molar-refractivity contribution is -0.315. The van der Waals surface area contributed by atoms with Crippen LogP contribution in [0.2, 0.25) is 0 Å². The Morgan fingerprint density at radius 1 is 0.951 bits per heavy atom. The summed E-state index contributed by atoms with van der Waals surface area (Å²) < 4.78 is 33.9. The van der Waals surface area contributed by atoms with Crippen molar-refractivity contribution >= 4 is 29.4 Å². The molecule has 0 radical (unpaired) electrons. The van der Waals surface area contributed by atoms with Crippen LogP contribution in [-0.4, -0.2) is 104 Å². The van der Waals surface area contributed by atoms with E-state index in [-0.39, 0.29) is 79.5 Å². The van der Waals surface area contributed by atoms with Gasteiger partial charge >= 0.3 is 11.9 Å². The van der Waals surface area contributed by atoms with E-state index in [1.807, 2.05) is 0 Å². The molecule has 17 nitrogen and oxygen atoms in total. The molecule has 2 aromatic heterocycles. The van der Waals surface area contributed by atoms with Crippen LogP contribution in [0.15, 0.2) is 12.4 Å². The summed E-state index contributed by atoms with van der Waals surface area (Å²) in [5, 5.41) is 28.0. The number of Topliss-reactive ketones (excluding diaryl/α,β-unsaturated/α-hetero) is 1. The van der Waals surface area contributed by atoms with Crippen LogP contribution in [0.1, 0.15) is 59.5 Å². The number of nitrogens with two attached hydrogens (primary N) is 2. The standard InChI is InChI=1S/C12H17N3O6.C12H15N3O5/c1-2-19-10(16)6-4-15(14-9(6)13)7-3-12(17,18)11-20-5-8(7)21-11;1-2-18-11(17)6-4-15(14-10(6)13)7-3-8(16)12-19-5-9(7)20-12/h4,7-8,11,17-18H,2-3,5H2,1H3,(H2,13,14);4,7,9,12H,2-3,5H2,1H3,(H2,13,14). The summed E-state index contributed by atoms with van der Waals surface area (Å²) in [5.74, 6) is -3.23. The van der Waals surface area contributed by atoms with Gasteiger partial charge in [0.1, 0.15) is 23.3 Å². The molecule has 6 atom stereocenters. The van der Waals surface area contributed by atoms with Gasteiger partial charge in [-0.3, -0.25) is 14.2 Å². The van der Waals surface area contributed by atoms with Crippen molar-refractivity contribution in [1.29, 1.82) is 0 Å². The van der Waals surface area contributed by atoms with Crippen molar-refractivity contribution in [2.45, 2.75) is 69.3 Å². The van der Waals surface area contributed by atoms with E-state index in [0.717, 1.165) is 0 Å². The maximum atomic E-state index is 11.7. The average Bonchev–Trinajstić information content (AvgIpc) is 3.71. The SMILES string of the molecule is CCOC(=O)c1cn(C2CC(=O)C3OCC2O3)nc1N.CCOC(=O)c1cn(C2CC(O)(O)C3OCC2O3)nc1N. The van der Waals surface area contributed by atoms with Gasteiger partial charge in [-0.15, -0.1) is 0 Å². The summed E-state index contributed by atoms with van der Waals surface area (Å²) >= 11 is 0. The Balaban J connectivity index is 0.000000165. The first-order valence-electron chi connectivity index (χ1n) is 13.1. The summed E-state index contributed by atoms with van der Waals surface area (Å²) in [4.78, 5) is 35.2. The van der Waals surface area contributed by atoms with Gasteiger partial charge in [0.2, 0.25) is 18.4 Å². The number of carbonyl (C=O) groups is 3. The second-order valence-corrected chi connectivity index (χ2v) is 9.82. The maximum Gasteiger partial charge on any atom is 0.343 e. The van der Waals surface area contributed by atoms with Gasteiger partial charge in [0, 0.05) is 25.2 Å². The predicted octanol–water partition coefficient (Wildman–Crippen LogP) is -1.09. The molecule has 41 heavy (non-hydrogen) atoms. The lowest BCUT2D eigenvalue weighted by Gasteiger charge is -2.36. The number of nitrogen functional groups attached to an aromatic ring is 2. The smallest absolute Gasteiger partial charge is 0.343 e. The van der Waals surface area contributed by atoms with Gasteiger partial charge in [-0.05, 0) is 13.8 Å². The van der Waals surface area contributed by atoms with E-state index < -0.39 is 36.3 Å². The number of nitrogens with zero attached hydrogens (tertiary/aromatic N) is 4. The van der Waals surface area contributed by atoms with Gasteiger partial charge in [0.15, 0.2) is 17.4 Å². The lowest BCUT2D eigenvalue weighted by Crippen LogP contribution is -2.50. The first-order valence-corrected chi connectivity index (χ1v) is 13.1. The Morgan fingerprint density at radius 3 is 2.07 bits per heavy atom. The highest BCUT2D eigenvalue weighted by molar-refractivity contribution is 5.94. The molecule has 0 aliphatic carbocycles. The number of hydrogen-bond acceptors (Lipinski definition) is 15. The lowest BCUT2D eigenvalue weighted by atomic mass is 9.99. The zero-order valence-electron chi connectivity index (χ0n) is 22.4. The monoisotopic (exact) mass is 580 g/mol. The summed E-state index contributed by atoms with van der Waals surface area (Å²) in [6, 6.07) is -0.809. The minimum atomic E-state index is -2.11. The highest BCUT2D eigenvalue weighted by Gasteiger charge is 2.53. The molecule has 0 aromatic carbocycles. The Bertz CT molecular complexity index is 1310. The number of anilines is 2. The number of aliphatic hydroxyl groups is 2. The Labute approximate surface area is 233 Å². The molecule has 4 saturated heterocycles. The highest BCUT2D eigenvalue weighted by atomic mass is 16.8. The Morgan fingerprint density at radius 2 is 1.49 bits per heavy atom. The molecular weight excluding hydrogens is 548 g/mol. The third-order valence-electron chi connectivity index (χ3n) is 7.03. The molecule has 4 bridgehead atoms. The molecular formula is C24H32N6O11.